The highest BCUT2D eigenvalue weighted by molar-refractivity contribution is 5.91. The summed E-state index contributed by atoms with van der Waals surface area (Å²) in [7, 11) is 0. The van der Waals surface area contributed by atoms with Crippen molar-refractivity contribution in [3.05, 3.63) is 34.1 Å². The van der Waals surface area contributed by atoms with Crippen molar-refractivity contribution in [3.63, 3.8) is 0 Å². The van der Waals surface area contributed by atoms with Gasteiger partial charge in [-0.15, -0.1) is 0 Å². The van der Waals surface area contributed by atoms with E-state index < -0.39 is 28.5 Å². The molecule has 1 amide bonds. The van der Waals surface area contributed by atoms with Gasteiger partial charge < -0.3 is 4.74 Å². The molecule has 0 aromatic heterocycles. The predicted octanol–water partition coefficient (Wildman–Crippen LogP) is 3.88. The largest absolute Gasteiger partial charge is 0.443 e. The first-order valence-corrected chi connectivity index (χ1v) is 6.49. The van der Waals surface area contributed by atoms with E-state index in [0.29, 0.717) is 0 Å². The maximum absolute atomic E-state index is 13.4. The lowest BCUT2D eigenvalue weighted by Crippen LogP contribution is -2.41. The SMILES string of the molecule is CC(C)N(C(=O)OC(C)(C)C)c1cc(F)ccc1[N+](=O)[O-]. The summed E-state index contributed by atoms with van der Waals surface area (Å²) < 4.78 is 18.7. The summed E-state index contributed by atoms with van der Waals surface area (Å²) in [5.41, 5.74) is -1.23. The van der Waals surface area contributed by atoms with Crippen molar-refractivity contribution in [2.75, 3.05) is 4.90 Å². The van der Waals surface area contributed by atoms with Gasteiger partial charge in [0.15, 0.2) is 0 Å². The number of carbonyl (C=O) groups excluding carboxylic acids is 1. The third kappa shape index (κ3) is 4.40. The molecular weight excluding hydrogens is 279 g/mol. The normalized spacial score (nSPS) is 11.4. The molecule has 0 saturated carbocycles. The third-order valence-electron chi connectivity index (χ3n) is 2.50. The van der Waals surface area contributed by atoms with Gasteiger partial charge in [-0.1, -0.05) is 0 Å². The number of ether oxygens (including phenoxy) is 1. The van der Waals surface area contributed by atoms with E-state index in [0.717, 1.165) is 23.1 Å². The maximum atomic E-state index is 13.4. The molecule has 116 valence electrons. The number of carbonyl (C=O) groups is 1. The van der Waals surface area contributed by atoms with Gasteiger partial charge in [-0.2, -0.15) is 0 Å². The van der Waals surface area contributed by atoms with Gasteiger partial charge in [0.2, 0.25) is 0 Å². The van der Waals surface area contributed by atoms with Gasteiger partial charge >= 0.3 is 6.09 Å². The van der Waals surface area contributed by atoms with E-state index in [1.54, 1.807) is 34.6 Å². The Hall–Kier alpha value is -2.18. The van der Waals surface area contributed by atoms with Crippen molar-refractivity contribution in [1.82, 2.24) is 0 Å². The highest BCUT2D eigenvalue weighted by Gasteiger charge is 2.30. The predicted molar refractivity (Wildman–Crippen MR) is 76.9 cm³/mol. The lowest BCUT2D eigenvalue weighted by atomic mass is 10.2. The van der Waals surface area contributed by atoms with Gasteiger partial charge in [0.1, 0.15) is 17.1 Å². The second-order valence-corrected chi connectivity index (χ2v) is 5.83. The van der Waals surface area contributed by atoms with Crippen LogP contribution in [0.2, 0.25) is 0 Å². The number of nitro groups is 1. The molecule has 1 aromatic carbocycles. The lowest BCUT2D eigenvalue weighted by Gasteiger charge is -2.29. The number of nitro benzene ring substituents is 1. The molecule has 0 spiro atoms. The average molecular weight is 298 g/mol. The molecule has 0 radical (unpaired) electrons. The Kier molecular flexibility index (Phi) is 4.88. The van der Waals surface area contributed by atoms with E-state index in [1.165, 1.54) is 0 Å². The van der Waals surface area contributed by atoms with Crippen LogP contribution in [0.15, 0.2) is 18.2 Å². The molecule has 1 aromatic rings. The lowest BCUT2D eigenvalue weighted by molar-refractivity contribution is -0.384. The van der Waals surface area contributed by atoms with E-state index >= 15 is 0 Å². The Morgan fingerprint density at radius 1 is 1.38 bits per heavy atom. The molecule has 0 unspecified atom stereocenters. The fraction of sp³-hybridized carbons (Fsp3) is 0.500. The summed E-state index contributed by atoms with van der Waals surface area (Å²) in [6.07, 6.45) is -0.758. The van der Waals surface area contributed by atoms with Crippen molar-refractivity contribution in [2.45, 2.75) is 46.3 Å². The standard InChI is InChI=1S/C14H19FN2O4/c1-9(2)16(13(18)21-14(3,4)5)12-8-10(15)6-7-11(12)17(19)20/h6-9H,1-5H3. The molecule has 0 bridgehead atoms. The number of nitrogens with zero attached hydrogens (tertiary/aromatic N) is 2. The number of anilines is 1. The zero-order valence-electron chi connectivity index (χ0n) is 12.7. The number of amides is 1. The molecule has 7 heteroatoms. The van der Waals surface area contributed by atoms with Crippen LogP contribution in [0, 0.1) is 15.9 Å². The average Bonchev–Trinajstić information content (AvgIpc) is 2.25. The Balaban J connectivity index is 3.32. The van der Waals surface area contributed by atoms with Crippen molar-refractivity contribution < 1.29 is 18.8 Å². The minimum atomic E-state index is -0.758. The van der Waals surface area contributed by atoms with Crippen LogP contribution in [0.25, 0.3) is 0 Å². The molecule has 0 aliphatic heterocycles. The molecule has 0 fully saturated rings. The Morgan fingerprint density at radius 3 is 2.38 bits per heavy atom. The van der Waals surface area contributed by atoms with Crippen LogP contribution in [0.1, 0.15) is 34.6 Å². The molecular formula is C14H19FN2O4. The summed E-state index contributed by atoms with van der Waals surface area (Å²) in [4.78, 5) is 23.7. The Labute approximate surface area is 122 Å². The van der Waals surface area contributed by atoms with Gasteiger partial charge in [-0.05, 0) is 40.7 Å². The van der Waals surface area contributed by atoms with Crippen LogP contribution < -0.4 is 4.90 Å². The second-order valence-electron chi connectivity index (χ2n) is 5.83. The van der Waals surface area contributed by atoms with Crippen molar-refractivity contribution >= 4 is 17.5 Å². The van der Waals surface area contributed by atoms with E-state index in [9.17, 15) is 19.3 Å². The topological polar surface area (TPSA) is 72.7 Å². The molecule has 0 aliphatic carbocycles. The summed E-state index contributed by atoms with van der Waals surface area (Å²) in [6, 6.07) is 2.54. The molecule has 0 N–H and O–H groups in total. The molecule has 0 heterocycles. The van der Waals surface area contributed by atoms with Crippen LogP contribution in [0.4, 0.5) is 20.6 Å². The zero-order valence-corrected chi connectivity index (χ0v) is 12.7. The van der Waals surface area contributed by atoms with Gasteiger partial charge in [-0.25, -0.2) is 9.18 Å². The highest BCUT2D eigenvalue weighted by atomic mass is 19.1. The van der Waals surface area contributed by atoms with E-state index in [1.807, 2.05) is 0 Å². The first-order chi connectivity index (χ1) is 9.53. The highest BCUT2D eigenvalue weighted by Crippen LogP contribution is 2.31. The number of hydrogen-bond donors (Lipinski definition) is 0. The summed E-state index contributed by atoms with van der Waals surface area (Å²) >= 11 is 0. The van der Waals surface area contributed by atoms with Crippen molar-refractivity contribution in [2.24, 2.45) is 0 Å². The van der Waals surface area contributed by atoms with Crippen LogP contribution >= 0.6 is 0 Å². The van der Waals surface area contributed by atoms with Crippen molar-refractivity contribution in [3.8, 4) is 0 Å². The molecule has 21 heavy (non-hydrogen) atoms. The van der Waals surface area contributed by atoms with Crippen LogP contribution in [-0.2, 0) is 4.74 Å². The Morgan fingerprint density at radius 2 is 1.95 bits per heavy atom. The fourth-order valence-electron chi connectivity index (χ4n) is 1.74. The number of halogens is 1. The fourth-order valence-corrected chi connectivity index (χ4v) is 1.74. The smallest absolute Gasteiger partial charge is 0.415 e. The second kappa shape index (κ2) is 6.07. The number of benzene rings is 1. The maximum Gasteiger partial charge on any atom is 0.415 e. The van der Waals surface area contributed by atoms with Crippen LogP contribution in [0.5, 0.6) is 0 Å². The monoisotopic (exact) mass is 298 g/mol. The van der Waals surface area contributed by atoms with Gasteiger partial charge in [0.05, 0.1) is 4.92 Å². The van der Waals surface area contributed by atoms with E-state index in [2.05, 4.69) is 0 Å². The number of rotatable bonds is 3. The van der Waals surface area contributed by atoms with E-state index in [-0.39, 0.29) is 11.4 Å². The summed E-state index contributed by atoms with van der Waals surface area (Å²) in [5, 5.41) is 11.1. The minimum Gasteiger partial charge on any atom is -0.443 e. The molecule has 6 nitrogen and oxygen atoms in total. The van der Waals surface area contributed by atoms with E-state index in [4.69, 9.17) is 4.74 Å². The Bertz CT molecular complexity index is 552. The van der Waals surface area contributed by atoms with Gasteiger partial charge in [-0.3, -0.25) is 15.0 Å². The quantitative estimate of drug-likeness (QED) is 0.627. The van der Waals surface area contributed by atoms with Gasteiger partial charge in [0, 0.05) is 18.2 Å². The van der Waals surface area contributed by atoms with Crippen LogP contribution in [-0.4, -0.2) is 22.7 Å². The zero-order chi connectivity index (χ0) is 16.4. The summed E-state index contributed by atoms with van der Waals surface area (Å²) in [6.45, 7) is 8.38. The molecule has 0 atom stereocenters. The third-order valence-corrected chi connectivity index (χ3v) is 2.50. The van der Waals surface area contributed by atoms with Crippen molar-refractivity contribution in [1.29, 1.82) is 0 Å². The molecule has 0 aliphatic rings. The molecule has 0 saturated heterocycles. The molecule has 1 rings (SSSR count). The summed E-state index contributed by atoms with van der Waals surface area (Å²) in [5.74, 6) is -0.662. The van der Waals surface area contributed by atoms with Gasteiger partial charge in [0.25, 0.3) is 5.69 Å². The number of hydrogen-bond acceptors (Lipinski definition) is 4. The first kappa shape index (κ1) is 16.9. The first-order valence-electron chi connectivity index (χ1n) is 6.49. The minimum absolute atomic E-state index is 0.121. The van der Waals surface area contributed by atoms with Crippen LogP contribution in [0.3, 0.4) is 0 Å².